The van der Waals surface area contributed by atoms with Crippen LogP contribution in [0.25, 0.3) is 0 Å². The zero-order valence-electron chi connectivity index (χ0n) is 11.2. The van der Waals surface area contributed by atoms with Crippen LogP contribution in [0.5, 0.6) is 5.75 Å². The Bertz CT molecular complexity index is 511. The molecule has 0 aromatic heterocycles. The molecule has 0 atom stereocenters. The average molecular weight is 256 g/mol. The predicted molar refractivity (Wildman–Crippen MR) is 79.3 cm³/mol. The average Bonchev–Trinajstić information content (AvgIpc) is 2.45. The molecule has 3 heteroatoms. The van der Waals surface area contributed by atoms with Crippen molar-refractivity contribution in [2.45, 2.75) is 13.0 Å². The topological polar surface area (TPSA) is 47.3 Å². The Morgan fingerprint density at radius 2 is 1.84 bits per heavy atom. The van der Waals surface area contributed by atoms with Gasteiger partial charge < -0.3 is 15.8 Å². The van der Waals surface area contributed by atoms with Gasteiger partial charge in [0.05, 0.1) is 5.69 Å². The highest BCUT2D eigenvalue weighted by molar-refractivity contribution is 5.54. The van der Waals surface area contributed by atoms with E-state index in [1.807, 2.05) is 49.5 Å². The smallest absolute Gasteiger partial charge is 0.142 e. The molecule has 0 heterocycles. The van der Waals surface area contributed by atoms with Crippen molar-refractivity contribution < 1.29 is 4.74 Å². The van der Waals surface area contributed by atoms with Crippen molar-refractivity contribution in [3.63, 3.8) is 0 Å². The number of anilines is 1. The third kappa shape index (κ3) is 4.00. The van der Waals surface area contributed by atoms with Gasteiger partial charge in [-0.1, -0.05) is 36.4 Å². The summed E-state index contributed by atoms with van der Waals surface area (Å²) < 4.78 is 5.74. The van der Waals surface area contributed by atoms with Gasteiger partial charge >= 0.3 is 0 Å². The highest BCUT2D eigenvalue weighted by atomic mass is 16.5. The number of nitrogens with one attached hydrogen (secondary N) is 1. The van der Waals surface area contributed by atoms with Crippen LogP contribution in [0.15, 0.2) is 48.5 Å². The fourth-order valence-electron chi connectivity index (χ4n) is 1.89. The lowest BCUT2D eigenvalue weighted by Crippen LogP contribution is -2.10. The highest BCUT2D eigenvalue weighted by Crippen LogP contribution is 2.23. The van der Waals surface area contributed by atoms with Gasteiger partial charge in [-0.15, -0.1) is 0 Å². The second-order valence-corrected chi connectivity index (χ2v) is 4.50. The number of benzene rings is 2. The summed E-state index contributed by atoms with van der Waals surface area (Å²) in [6.45, 7) is 1.49. The van der Waals surface area contributed by atoms with Gasteiger partial charge in [0.1, 0.15) is 12.4 Å². The molecule has 0 spiro atoms. The Morgan fingerprint density at radius 1 is 1.05 bits per heavy atom. The van der Waals surface area contributed by atoms with Crippen LogP contribution < -0.4 is 15.8 Å². The van der Waals surface area contributed by atoms with Crippen molar-refractivity contribution in [1.29, 1.82) is 0 Å². The molecule has 0 fully saturated rings. The fourth-order valence-corrected chi connectivity index (χ4v) is 1.89. The van der Waals surface area contributed by atoms with Gasteiger partial charge in [-0.25, -0.2) is 0 Å². The molecule has 0 radical (unpaired) electrons. The maximum Gasteiger partial charge on any atom is 0.142 e. The van der Waals surface area contributed by atoms with Crippen molar-refractivity contribution in [1.82, 2.24) is 5.32 Å². The summed E-state index contributed by atoms with van der Waals surface area (Å²) in [7, 11) is 1.95. The standard InChI is InChI=1S/C16H20N2O/c1-18-10-9-13-7-8-16(15(17)11-13)19-12-14-5-3-2-4-6-14/h2-8,11,18H,9-10,12,17H2,1H3. The van der Waals surface area contributed by atoms with Crippen molar-refractivity contribution in [2.75, 3.05) is 19.3 Å². The number of rotatable bonds is 6. The molecule has 0 aliphatic heterocycles. The minimum atomic E-state index is 0.543. The van der Waals surface area contributed by atoms with Crippen molar-refractivity contribution in [2.24, 2.45) is 0 Å². The first-order valence-corrected chi connectivity index (χ1v) is 6.49. The Hall–Kier alpha value is -2.00. The first kappa shape index (κ1) is 13.4. The van der Waals surface area contributed by atoms with Crippen molar-refractivity contribution in [3.05, 3.63) is 59.7 Å². The van der Waals surface area contributed by atoms with Crippen molar-refractivity contribution >= 4 is 5.69 Å². The largest absolute Gasteiger partial charge is 0.487 e. The van der Waals surface area contributed by atoms with Gasteiger partial charge in [0, 0.05) is 0 Å². The second kappa shape index (κ2) is 6.81. The van der Waals surface area contributed by atoms with Gasteiger partial charge in [-0.05, 0) is 43.3 Å². The summed E-state index contributed by atoms with van der Waals surface area (Å²) in [5.74, 6) is 0.747. The summed E-state index contributed by atoms with van der Waals surface area (Å²) in [6.07, 6.45) is 0.972. The molecule has 2 aromatic rings. The first-order chi connectivity index (χ1) is 9.29. The van der Waals surface area contributed by atoms with E-state index in [4.69, 9.17) is 10.5 Å². The van der Waals surface area contributed by atoms with Gasteiger partial charge in [0.2, 0.25) is 0 Å². The molecular weight excluding hydrogens is 236 g/mol. The predicted octanol–water partition coefficient (Wildman–Crippen LogP) is 2.61. The summed E-state index contributed by atoms with van der Waals surface area (Å²) >= 11 is 0. The first-order valence-electron chi connectivity index (χ1n) is 6.49. The molecule has 0 aliphatic rings. The quantitative estimate of drug-likeness (QED) is 0.781. The molecule has 0 aliphatic carbocycles. The molecule has 19 heavy (non-hydrogen) atoms. The molecule has 0 bridgehead atoms. The van der Waals surface area contributed by atoms with Crippen LogP contribution in [0.3, 0.4) is 0 Å². The molecule has 3 N–H and O–H groups in total. The molecule has 0 unspecified atom stereocenters. The van der Waals surface area contributed by atoms with E-state index in [1.54, 1.807) is 0 Å². The number of nitrogens with two attached hydrogens (primary N) is 1. The van der Waals surface area contributed by atoms with Crippen molar-refractivity contribution in [3.8, 4) is 5.75 Å². The van der Waals surface area contributed by atoms with E-state index >= 15 is 0 Å². The molecule has 3 nitrogen and oxygen atoms in total. The van der Waals surface area contributed by atoms with Crippen LogP contribution >= 0.6 is 0 Å². The lowest BCUT2D eigenvalue weighted by atomic mass is 10.1. The number of hydrogen-bond acceptors (Lipinski definition) is 3. The Kier molecular flexibility index (Phi) is 4.81. The van der Waals surface area contributed by atoms with Crippen LogP contribution in [0.1, 0.15) is 11.1 Å². The molecule has 2 rings (SSSR count). The van der Waals surface area contributed by atoms with Gasteiger partial charge in [-0.3, -0.25) is 0 Å². The van der Waals surface area contributed by atoms with Gasteiger partial charge in [0.25, 0.3) is 0 Å². The number of ether oxygens (including phenoxy) is 1. The van der Waals surface area contributed by atoms with Crippen LogP contribution in [-0.4, -0.2) is 13.6 Å². The summed E-state index contributed by atoms with van der Waals surface area (Å²) in [5, 5.41) is 3.12. The number of nitrogen functional groups attached to an aromatic ring is 1. The van der Waals surface area contributed by atoms with E-state index in [1.165, 1.54) is 5.56 Å². The molecule has 0 amide bonds. The maximum atomic E-state index is 6.01. The number of hydrogen-bond donors (Lipinski definition) is 2. The SMILES string of the molecule is CNCCc1ccc(OCc2ccccc2)c(N)c1. The normalized spacial score (nSPS) is 10.4. The minimum Gasteiger partial charge on any atom is -0.487 e. The van der Waals surface area contributed by atoms with Crippen LogP contribution in [0.2, 0.25) is 0 Å². The molecule has 100 valence electrons. The van der Waals surface area contributed by atoms with Gasteiger partial charge in [0.15, 0.2) is 0 Å². The Balaban J connectivity index is 1.97. The Labute approximate surface area is 114 Å². The molecule has 0 saturated heterocycles. The van der Waals surface area contributed by atoms with E-state index < -0.39 is 0 Å². The van der Waals surface area contributed by atoms with E-state index in [9.17, 15) is 0 Å². The second-order valence-electron chi connectivity index (χ2n) is 4.50. The van der Waals surface area contributed by atoms with E-state index in [-0.39, 0.29) is 0 Å². The zero-order valence-corrected chi connectivity index (χ0v) is 11.2. The van der Waals surface area contributed by atoms with Gasteiger partial charge in [-0.2, -0.15) is 0 Å². The monoisotopic (exact) mass is 256 g/mol. The third-order valence-corrected chi connectivity index (χ3v) is 2.98. The third-order valence-electron chi connectivity index (χ3n) is 2.98. The van der Waals surface area contributed by atoms with Crippen LogP contribution in [0, 0.1) is 0 Å². The lowest BCUT2D eigenvalue weighted by molar-refractivity contribution is 0.308. The van der Waals surface area contributed by atoms with E-state index in [0.717, 1.165) is 24.3 Å². The summed E-state index contributed by atoms with van der Waals surface area (Å²) in [5.41, 5.74) is 9.07. The molecular formula is C16H20N2O. The van der Waals surface area contributed by atoms with E-state index in [2.05, 4.69) is 11.4 Å². The highest BCUT2D eigenvalue weighted by Gasteiger charge is 2.02. The summed E-state index contributed by atoms with van der Waals surface area (Å²) in [4.78, 5) is 0. The summed E-state index contributed by atoms with van der Waals surface area (Å²) in [6, 6.07) is 16.1. The van der Waals surface area contributed by atoms with Crippen LogP contribution in [-0.2, 0) is 13.0 Å². The van der Waals surface area contributed by atoms with E-state index in [0.29, 0.717) is 12.3 Å². The fraction of sp³-hybridized carbons (Fsp3) is 0.250. The maximum absolute atomic E-state index is 6.01. The lowest BCUT2D eigenvalue weighted by Gasteiger charge is -2.10. The number of likely N-dealkylation sites (N-methyl/N-ethyl adjacent to an activating group) is 1. The molecule has 0 saturated carbocycles. The zero-order chi connectivity index (χ0) is 13.5. The molecule has 2 aromatic carbocycles. The minimum absolute atomic E-state index is 0.543. The van der Waals surface area contributed by atoms with Crippen LogP contribution in [0.4, 0.5) is 5.69 Å². The Morgan fingerprint density at radius 3 is 2.53 bits per heavy atom.